The van der Waals surface area contributed by atoms with E-state index in [1.165, 1.54) is 64.2 Å². The van der Waals surface area contributed by atoms with Crippen molar-refractivity contribution in [3.05, 3.63) is 29.8 Å². The van der Waals surface area contributed by atoms with Crippen molar-refractivity contribution in [2.75, 3.05) is 0 Å². The summed E-state index contributed by atoms with van der Waals surface area (Å²) in [4.78, 5) is 12.8. The summed E-state index contributed by atoms with van der Waals surface area (Å²) >= 11 is 0. The molecule has 0 aliphatic heterocycles. The van der Waals surface area contributed by atoms with Crippen LogP contribution in [0, 0.1) is 46.8 Å². The number of carbonyl (C=O) groups excluding carboxylic acids is 1. The van der Waals surface area contributed by atoms with E-state index in [4.69, 9.17) is 10.00 Å². The van der Waals surface area contributed by atoms with Gasteiger partial charge in [0.1, 0.15) is 5.75 Å². The van der Waals surface area contributed by atoms with Gasteiger partial charge < -0.3 is 4.74 Å². The third-order valence-electron chi connectivity index (χ3n) is 8.40. The summed E-state index contributed by atoms with van der Waals surface area (Å²) < 4.78 is 5.65. The maximum atomic E-state index is 12.8. The summed E-state index contributed by atoms with van der Waals surface area (Å²) in [6.45, 7) is 2.30. The Bertz CT molecular complexity index is 749. The van der Waals surface area contributed by atoms with Gasteiger partial charge in [-0.2, -0.15) is 5.26 Å². The van der Waals surface area contributed by atoms with E-state index in [2.05, 4.69) is 13.0 Å². The van der Waals surface area contributed by atoms with Gasteiger partial charge in [-0.25, -0.2) is 0 Å². The van der Waals surface area contributed by atoms with Gasteiger partial charge in [0.2, 0.25) is 0 Å². The van der Waals surface area contributed by atoms with Crippen LogP contribution in [0.4, 0.5) is 0 Å². The zero-order valence-corrected chi connectivity index (χ0v) is 18.5. The highest BCUT2D eigenvalue weighted by atomic mass is 16.5. The maximum absolute atomic E-state index is 12.8. The van der Waals surface area contributed by atoms with E-state index in [1.807, 2.05) is 0 Å². The van der Waals surface area contributed by atoms with Gasteiger partial charge in [0.15, 0.2) is 0 Å². The number of nitrogens with zero attached hydrogens (tertiary/aromatic N) is 1. The number of hydrogen-bond donors (Lipinski definition) is 0. The average molecular weight is 408 g/mol. The molecule has 3 unspecified atom stereocenters. The molecule has 30 heavy (non-hydrogen) atoms. The zero-order chi connectivity index (χ0) is 20.9. The number of ether oxygens (including phenoxy) is 1. The number of fused-ring (bicyclic) bond motifs is 3. The minimum Gasteiger partial charge on any atom is -0.426 e. The molecule has 1 aromatic rings. The number of carbonyl (C=O) groups is 1. The lowest BCUT2D eigenvalue weighted by Gasteiger charge is -2.50. The van der Waals surface area contributed by atoms with Crippen LogP contribution in [0.3, 0.4) is 0 Å². The molecule has 3 fully saturated rings. The van der Waals surface area contributed by atoms with Gasteiger partial charge in [-0.05, 0) is 98.8 Å². The molecule has 0 N–H and O–H groups in total. The number of benzene rings is 1. The highest BCUT2D eigenvalue weighted by Crippen LogP contribution is 2.54. The van der Waals surface area contributed by atoms with E-state index in [1.54, 1.807) is 24.3 Å². The number of esters is 1. The Hall–Kier alpha value is -1.82. The van der Waals surface area contributed by atoms with Crippen LogP contribution >= 0.6 is 0 Å². The second kappa shape index (κ2) is 9.99. The molecule has 162 valence electrons. The molecule has 3 aliphatic rings. The molecular formula is C27H37NO2. The quantitative estimate of drug-likeness (QED) is 0.293. The van der Waals surface area contributed by atoms with E-state index < -0.39 is 0 Å². The molecule has 0 bridgehead atoms. The average Bonchev–Trinajstić information content (AvgIpc) is 2.79. The Kier molecular flexibility index (Phi) is 7.13. The van der Waals surface area contributed by atoms with Crippen LogP contribution in [0.15, 0.2) is 24.3 Å². The predicted molar refractivity (Wildman–Crippen MR) is 119 cm³/mol. The number of hydrogen-bond acceptors (Lipinski definition) is 3. The lowest BCUT2D eigenvalue weighted by Crippen LogP contribution is -2.42. The Morgan fingerprint density at radius 3 is 2.37 bits per heavy atom. The van der Waals surface area contributed by atoms with Crippen LogP contribution < -0.4 is 4.74 Å². The molecule has 3 nitrogen and oxygen atoms in total. The fourth-order valence-electron chi connectivity index (χ4n) is 6.85. The normalized spacial score (nSPS) is 33.1. The first-order valence-electron chi connectivity index (χ1n) is 12.4. The minimum absolute atomic E-state index is 0.0452. The van der Waals surface area contributed by atoms with Crippen molar-refractivity contribution >= 4 is 5.97 Å². The van der Waals surface area contributed by atoms with E-state index >= 15 is 0 Å². The minimum atomic E-state index is -0.0695. The van der Waals surface area contributed by atoms with Crippen LogP contribution in [-0.2, 0) is 4.79 Å². The lowest BCUT2D eigenvalue weighted by atomic mass is 9.55. The highest BCUT2D eigenvalue weighted by molar-refractivity contribution is 5.75. The molecule has 0 spiro atoms. The molecule has 0 saturated heterocycles. The van der Waals surface area contributed by atoms with Gasteiger partial charge in [0, 0.05) is 0 Å². The largest absolute Gasteiger partial charge is 0.426 e. The molecule has 4 rings (SSSR count). The van der Waals surface area contributed by atoms with E-state index in [0.717, 1.165) is 42.4 Å². The third kappa shape index (κ3) is 4.90. The Balaban J connectivity index is 1.29. The summed E-state index contributed by atoms with van der Waals surface area (Å²) in [5.41, 5.74) is 0.590. The van der Waals surface area contributed by atoms with Crippen LogP contribution in [0.25, 0.3) is 0 Å². The second-order valence-corrected chi connectivity index (χ2v) is 10.2. The topological polar surface area (TPSA) is 50.1 Å². The standard InChI is InChI=1S/C27H37NO2/c1-2-3-4-5-19-8-14-25-21(16-19)9-10-22-17-23(11-15-26(22)25)27(29)30-24-12-6-20(18-28)7-13-24/h6-7,12-13,19,21-23,25-26H,2-5,8-11,14-17H2,1H3/t19?,21?,22-,23-,25?,26+/m1/s1. The van der Waals surface area contributed by atoms with Crippen LogP contribution in [0.5, 0.6) is 5.75 Å². The van der Waals surface area contributed by atoms with Crippen molar-refractivity contribution in [3.63, 3.8) is 0 Å². The lowest BCUT2D eigenvalue weighted by molar-refractivity contribution is -0.142. The molecular weight excluding hydrogens is 370 g/mol. The number of unbranched alkanes of at least 4 members (excludes halogenated alkanes) is 2. The SMILES string of the molecule is CCCCCC1CCC2C(CC[C@@H]3C[C@H](C(=O)Oc4ccc(C#N)cc4)CC[C@H]23)C1. The predicted octanol–water partition coefficient (Wildman–Crippen LogP) is 6.90. The first-order valence-corrected chi connectivity index (χ1v) is 12.4. The molecule has 0 radical (unpaired) electrons. The fraction of sp³-hybridized carbons (Fsp3) is 0.704. The first-order chi connectivity index (χ1) is 14.7. The molecule has 0 aromatic heterocycles. The number of nitriles is 1. The van der Waals surface area contributed by atoms with Crippen molar-refractivity contribution in [2.24, 2.45) is 35.5 Å². The van der Waals surface area contributed by atoms with Crippen LogP contribution in [0.1, 0.15) is 89.5 Å². The first kappa shape index (κ1) is 21.4. The zero-order valence-electron chi connectivity index (χ0n) is 18.5. The van der Waals surface area contributed by atoms with Gasteiger partial charge in [0.05, 0.1) is 17.6 Å². The summed E-state index contributed by atoms with van der Waals surface area (Å²) in [5.74, 6) is 4.95. The molecule has 3 aliphatic carbocycles. The van der Waals surface area contributed by atoms with Crippen molar-refractivity contribution < 1.29 is 9.53 Å². The fourth-order valence-corrected chi connectivity index (χ4v) is 6.85. The van der Waals surface area contributed by atoms with Gasteiger partial charge >= 0.3 is 5.97 Å². The van der Waals surface area contributed by atoms with E-state index in [-0.39, 0.29) is 11.9 Å². The molecule has 3 saturated carbocycles. The molecule has 6 atom stereocenters. The maximum Gasteiger partial charge on any atom is 0.314 e. The summed E-state index contributed by atoms with van der Waals surface area (Å²) in [5, 5.41) is 8.91. The van der Waals surface area contributed by atoms with Crippen molar-refractivity contribution in [1.29, 1.82) is 5.26 Å². The van der Waals surface area contributed by atoms with E-state index in [0.29, 0.717) is 11.3 Å². The third-order valence-corrected chi connectivity index (χ3v) is 8.40. The monoisotopic (exact) mass is 407 g/mol. The smallest absolute Gasteiger partial charge is 0.314 e. The second-order valence-electron chi connectivity index (χ2n) is 10.2. The molecule has 3 heteroatoms. The molecule has 0 amide bonds. The molecule has 1 aromatic carbocycles. The molecule has 0 heterocycles. The van der Waals surface area contributed by atoms with Crippen LogP contribution in [-0.4, -0.2) is 5.97 Å². The number of rotatable bonds is 6. The summed E-state index contributed by atoms with van der Waals surface area (Å²) in [7, 11) is 0. The van der Waals surface area contributed by atoms with E-state index in [9.17, 15) is 4.79 Å². The highest BCUT2D eigenvalue weighted by Gasteiger charge is 2.45. The van der Waals surface area contributed by atoms with Gasteiger partial charge in [-0.15, -0.1) is 0 Å². The summed E-state index contributed by atoms with van der Waals surface area (Å²) in [6.07, 6.45) is 15.9. The Morgan fingerprint density at radius 1 is 0.967 bits per heavy atom. The van der Waals surface area contributed by atoms with Crippen LogP contribution in [0.2, 0.25) is 0 Å². The Labute approximate surface area is 182 Å². The van der Waals surface area contributed by atoms with Crippen molar-refractivity contribution in [2.45, 2.75) is 84.0 Å². The van der Waals surface area contributed by atoms with Gasteiger partial charge in [-0.1, -0.05) is 39.0 Å². The Morgan fingerprint density at radius 2 is 1.67 bits per heavy atom. The van der Waals surface area contributed by atoms with Gasteiger partial charge in [-0.3, -0.25) is 4.79 Å². The van der Waals surface area contributed by atoms with Crippen molar-refractivity contribution in [3.8, 4) is 11.8 Å². The van der Waals surface area contributed by atoms with Crippen molar-refractivity contribution in [1.82, 2.24) is 0 Å². The van der Waals surface area contributed by atoms with Gasteiger partial charge in [0.25, 0.3) is 0 Å². The summed E-state index contributed by atoms with van der Waals surface area (Å²) in [6, 6.07) is 8.97.